The second-order valence-electron chi connectivity index (χ2n) is 23.6. The van der Waals surface area contributed by atoms with E-state index in [2.05, 4.69) is 64.7 Å². The lowest BCUT2D eigenvalue weighted by Crippen LogP contribution is -2.81. The minimum atomic E-state index is -0.681. The van der Waals surface area contributed by atoms with Crippen molar-refractivity contribution < 1.29 is 28.5 Å². The van der Waals surface area contributed by atoms with Crippen LogP contribution in [-0.4, -0.2) is 99.2 Å². The van der Waals surface area contributed by atoms with Gasteiger partial charge in [-0.3, -0.25) is 0 Å². The summed E-state index contributed by atoms with van der Waals surface area (Å²) in [5, 5.41) is 0. The van der Waals surface area contributed by atoms with E-state index in [0.717, 1.165) is 89.9 Å². The number of hydrogen-bond acceptors (Lipinski definition) is 10. The molecule has 10 nitrogen and oxygen atoms in total. The van der Waals surface area contributed by atoms with Crippen LogP contribution in [-0.2, 0) is 23.7 Å². The van der Waals surface area contributed by atoms with Crippen LogP contribution in [0.25, 0.3) is 0 Å². The van der Waals surface area contributed by atoms with Crippen molar-refractivity contribution in [1.29, 1.82) is 0 Å². The third kappa shape index (κ3) is 15.3. The van der Waals surface area contributed by atoms with Crippen LogP contribution in [0.2, 0.25) is 0 Å². The summed E-state index contributed by atoms with van der Waals surface area (Å²) >= 11 is 0. The number of likely N-dealkylation sites (tertiary alicyclic amines) is 1. The molecule has 4 aliphatic carbocycles. The van der Waals surface area contributed by atoms with Crippen LogP contribution < -0.4 is 17.2 Å². The van der Waals surface area contributed by atoms with E-state index in [-0.39, 0.29) is 41.8 Å². The molecule has 0 spiro atoms. The molecule has 3 saturated carbocycles. The van der Waals surface area contributed by atoms with Crippen LogP contribution in [0.3, 0.4) is 0 Å². The molecule has 5 rings (SSSR count). The Labute approximate surface area is 417 Å². The maximum Gasteiger partial charge on any atom is 0.508 e. The maximum atomic E-state index is 12.6. The lowest BCUT2D eigenvalue weighted by molar-refractivity contribution is -0.102. The first-order valence-electron chi connectivity index (χ1n) is 28.8. The van der Waals surface area contributed by atoms with Crippen LogP contribution >= 0.6 is 0 Å². The van der Waals surface area contributed by atoms with Crippen LogP contribution in [0.5, 0.6) is 0 Å². The van der Waals surface area contributed by atoms with Gasteiger partial charge in [-0.05, 0) is 139 Å². The van der Waals surface area contributed by atoms with Gasteiger partial charge in [-0.15, -0.1) is 0 Å². The monoisotopic (exact) mass is 955 g/mol. The van der Waals surface area contributed by atoms with Gasteiger partial charge >= 0.3 is 6.16 Å². The SMILES string of the molecule is CCCCCCCCC=CCCCCCCCCOCC(CN1CCCCC1)OCCOC(=O)OCCOC1CCC2(C)C(=CCC3(N)C4CCC(N)(C(C)CCCC(C)C)C4(C)CCC23N)C1. The zero-order valence-corrected chi connectivity index (χ0v) is 44.9. The molecule has 68 heavy (non-hydrogen) atoms. The third-order valence-electron chi connectivity index (χ3n) is 18.6. The number of carbonyl (C=O) groups excluding carboxylic acids is 1. The van der Waals surface area contributed by atoms with Crippen molar-refractivity contribution in [2.45, 2.75) is 250 Å². The van der Waals surface area contributed by atoms with Crippen molar-refractivity contribution in [3.63, 3.8) is 0 Å². The smallest absolute Gasteiger partial charge is 0.432 e. The van der Waals surface area contributed by atoms with Gasteiger partial charge in [0.05, 0.1) is 32.0 Å². The number of nitrogens with zero attached hydrogens (tertiary/aromatic N) is 1. The number of unbranched alkanes of at least 4 members (excludes halogenated alkanes) is 12. The highest BCUT2D eigenvalue weighted by Gasteiger charge is 2.72. The Kier molecular flexibility index (Phi) is 24.2. The fourth-order valence-electron chi connectivity index (χ4n) is 14.0. The predicted molar refractivity (Wildman–Crippen MR) is 281 cm³/mol. The van der Waals surface area contributed by atoms with E-state index in [0.29, 0.717) is 31.7 Å². The lowest BCUT2D eigenvalue weighted by Gasteiger charge is -2.69. The Bertz CT molecular complexity index is 1500. The van der Waals surface area contributed by atoms with Gasteiger partial charge < -0.3 is 45.8 Å². The summed E-state index contributed by atoms with van der Waals surface area (Å²) in [4.78, 5) is 15.0. The molecule has 10 heteroatoms. The summed E-state index contributed by atoms with van der Waals surface area (Å²) < 4.78 is 29.6. The van der Waals surface area contributed by atoms with Crippen molar-refractivity contribution >= 4 is 6.16 Å². The Morgan fingerprint density at radius 3 is 2.10 bits per heavy atom. The van der Waals surface area contributed by atoms with Gasteiger partial charge in [0, 0.05) is 35.2 Å². The standard InChI is InChI=1S/C58H106N4O6/c1-7-8-9-10-11-12-13-14-15-16-17-18-19-20-21-25-39-64-46-51(45-62-37-23-22-24-38-62)66-41-43-68-53(63)67-42-40-65-50-30-32-54(5)49(44-50)29-33-57(60)52-31-34-56(59,48(4)28-26-27-47(2)3)55(52,6)35-36-58(54,57)61/h14-15,29,47-48,50-52H,7-13,16-28,30-46,59-61H2,1-6H3. The van der Waals surface area contributed by atoms with Gasteiger partial charge in [-0.1, -0.05) is 142 Å². The van der Waals surface area contributed by atoms with E-state index in [1.807, 2.05) is 0 Å². The molecule has 0 aromatic rings. The zero-order valence-electron chi connectivity index (χ0n) is 44.9. The van der Waals surface area contributed by atoms with E-state index in [4.69, 9.17) is 40.9 Å². The fourth-order valence-corrected chi connectivity index (χ4v) is 14.0. The molecule has 1 heterocycles. The zero-order chi connectivity index (χ0) is 48.9. The van der Waals surface area contributed by atoms with Crippen LogP contribution in [0, 0.1) is 28.6 Å². The molecular weight excluding hydrogens is 849 g/mol. The second kappa shape index (κ2) is 28.6. The van der Waals surface area contributed by atoms with Crippen LogP contribution in [0.1, 0.15) is 221 Å². The molecule has 6 N–H and O–H groups in total. The number of hydrogen-bond donors (Lipinski definition) is 3. The quantitative estimate of drug-likeness (QED) is 0.0330. The molecule has 0 amide bonds. The molecule has 9 unspecified atom stereocenters. The van der Waals surface area contributed by atoms with Gasteiger partial charge in [0.15, 0.2) is 0 Å². The van der Waals surface area contributed by atoms with Crippen molar-refractivity contribution in [2.75, 3.05) is 59.3 Å². The largest absolute Gasteiger partial charge is 0.508 e. The van der Waals surface area contributed by atoms with E-state index in [1.54, 1.807) is 0 Å². The van der Waals surface area contributed by atoms with Crippen molar-refractivity contribution in [1.82, 2.24) is 4.90 Å². The maximum absolute atomic E-state index is 12.6. The van der Waals surface area contributed by atoms with E-state index in [1.165, 1.54) is 128 Å². The Morgan fingerprint density at radius 1 is 0.750 bits per heavy atom. The van der Waals surface area contributed by atoms with Crippen LogP contribution in [0.4, 0.5) is 4.79 Å². The summed E-state index contributed by atoms with van der Waals surface area (Å²) in [6, 6.07) is 0. The van der Waals surface area contributed by atoms with E-state index < -0.39 is 17.2 Å². The van der Waals surface area contributed by atoms with E-state index >= 15 is 0 Å². The molecule has 0 bridgehead atoms. The number of ether oxygens (including phenoxy) is 5. The molecule has 5 aliphatic rings. The number of allylic oxidation sites excluding steroid dienone is 2. The van der Waals surface area contributed by atoms with Gasteiger partial charge in [0.25, 0.3) is 0 Å². The number of rotatable bonds is 33. The summed E-state index contributed by atoms with van der Waals surface area (Å²) in [6.45, 7) is 19.5. The fraction of sp³-hybridized carbons (Fsp3) is 0.914. The second-order valence-corrected chi connectivity index (χ2v) is 23.6. The van der Waals surface area contributed by atoms with Crippen molar-refractivity contribution in [3.05, 3.63) is 23.8 Å². The molecule has 4 fully saturated rings. The molecule has 1 aliphatic heterocycles. The first-order valence-corrected chi connectivity index (χ1v) is 28.8. The average Bonchev–Trinajstić information content (AvgIpc) is 3.61. The van der Waals surface area contributed by atoms with Gasteiger partial charge in [-0.2, -0.15) is 0 Å². The van der Waals surface area contributed by atoms with Crippen LogP contribution in [0.15, 0.2) is 23.8 Å². The Morgan fingerprint density at radius 2 is 1.41 bits per heavy atom. The highest BCUT2D eigenvalue weighted by Crippen LogP contribution is 2.69. The molecule has 0 aromatic carbocycles. The van der Waals surface area contributed by atoms with Gasteiger partial charge in [0.2, 0.25) is 0 Å². The highest BCUT2D eigenvalue weighted by molar-refractivity contribution is 5.59. The highest BCUT2D eigenvalue weighted by atomic mass is 16.7. The first-order chi connectivity index (χ1) is 32.7. The number of fused-ring (bicyclic) bond motifs is 5. The van der Waals surface area contributed by atoms with Gasteiger partial charge in [-0.25, -0.2) is 4.79 Å². The van der Waals surface area contributed by atoms with E-state index in [9.17, 15) is 4.79 Å². The lowest BCUT2D eigenvalue weighted by atomic mass is 9.40. The molecule has 0 aromatic heterocycles. The predicted octanol–water partition coefficient (Wildman–Crippen LogP) is 12.7. The summed E-state index contributed by atoms with van der Waals surface area (Å²) in [6.07, 6.45) is 39.7. The minimum Gasteiger partial charge on any atom is -0.432 e. The molecule has 9 atom stereocenters. The molecule has 1 saturated heterocycles. The first kappa shape index (κ1) is 57.4. The van der Waals surface area contributed by atoms with Crippen molar-refractivity contribution in [3.8, 4) is 0 Å². The Balaban J connectivity index is 0.941. The Hall–Kier alpha value is -1.53. The number of carbonyl (C=O) groups is 1. The number of piperidine rings is 1. The average molecular weight is 956 g/mol. The normalized spacial score (nSPS) is 31.6. The topological polar surface area (TPSA) is 145 Å². The summed E-state index contributed by atoms with van der Waals surface area (Å²) in [5.41, 5.74) is 23.0. The number of nitrogens with two attached hydrogens (primary N) is 3. The van der Waals surface area contributed by atoms with Gasteiger partial charge in [0.1, 0.15) is 13.2 Å². The van der Waals surface area contributed by atoms with Crippen molar-refractivity contribution in [2.24, 2.45) is 45.8 Å². The summed E-state index contributed by atoms with van der Waals surface area (Å²) in [7, 11) is 0. The molecule has 0 radical (unpaired) electrons. The summed E-state index contributed by atoms with van der Waals surface area (Å²) in [5.74, 6) is 1.49. The minimum absolute atomic E-state index is 0.0220. The molecule has 394 valence electrons. The third-order valence-corrected chi connectivity index (χ3v) is 18.6. The molecular formula is C58H106N4O6.